The summed E-state index contributed by atoms with van der Waals surface area (Å²) in [5.74, 6) is -0.210. The van der Waals surface area contributed by atoms with E-state index in [0.29, 0.717) is 15.7 Å². The van der Waals surface area contributed by atoms with Crippen molar-refractivity contribution >= 4 is 45.4 Å². The van der Waals surface area contributed by atoms with Crippen molar-refractivity contribution in [2.75, 3.05) is 5.32 Å². The Morgan fingerprint density at radius 2 is 2.39 bits per heavy atom. The zero-order chi connectivity index (χ0) is 13.0. The Morgan fingerprint density at radius 1 is 1.56 bits per heavy atom. The van der Waals surface area contributed by atoms with Crippen molar-refractivity contribution in [3.05, 3.63) is 27.4 Å². The fourth-order valence-corrected chi connectivity index (χ4v) is 2.60. The third-order valence-corrected chi connectivity index (χ3v) is 3.58. The summed E-state index contributed by atoms with van der Waals surface area (Å²) in [6.07, 6.45) is 1.75. The number of rotatable bonds is 3. The Hall–Kier alpha value is -2.04. The summed E-state index contributed by atoms with van der Waals surface area (Å²) in [6, 6.07) is 5.91. The first-order valence-electron chi connectivity index (χ1n) is 4.96. The van der Waals surface area contributed by atoms with E-state index in [9.17, 15) is 4.79 Å². The molecule has 1 N–H and O–H groups in total. The fraction of sp³-hybridized carbons (Fsp3) is 0.0909. The van der Waals surface area contributed by atoms with Gasteiger partial charge in [-0.05, 0) is 17.5 Å². The van der Waals surface area contributed by atoms with Gasteiger partial charge in [0.25, 0.3) is 0 Å². The summed E-state index contributed by atoms with van der Waals surface area (Å²) < 4.78 is 0. The van der Waals surface area contributed by atoms with Gasteiger partial charge in [-0.25, -0.2) is 0 Å². The maximum atomic E-state index is 10.9. The molecule has 0 saturated carbocycles. The summed E-state index contributed by atoms with van der Waals surface area (Å²) in [5, 5.41) is 22.2. The number of allylic oxidation sites excluding steroid dienone is 1. The van der Waals surface area contributed by atoms with E-state index in [0.717, 1.165) is 4.88 Å². The number of amides is 1. The molecule has 1 amide bonds. The highest BCUT2D eigenvalue weighted by Gasteiger charge is 2.10. The van der Waals surface area contributed by atoms with Crippen LogP contribution in [0, 0.1) is 11.3 Å². The lowest BCUT2D eigenvalue weighted by Gasteiger charge is -1.91. The van der Waals surface area contributed by atoms with Gasteiger partial charge in [0.05, 0.1) is 5.57 Å². The van der Waals surface area contributed by atoms with Crippen LogP contribution in [0.5, 0.6) is 0 Å². The van der Waals surface area contributed by atoms with Gasteiger partial charge in [0.15, 0.2) is 5.01 Å². The molecule has 0 bridgehead atoms. The second-order valence-electron chi connectivity index (χ2n) is 3.28. The topological polar surface area (TPSA) is 78.7 Å². The fourth-order valence-electron chi connectivity index (χ4n) is 1.19. The van der Waals surface area contributed by atoms with E-state index in [4.69, 9.17) is 5.26 Å². The number of thiophene rings is 1. The number of nitrogens with one attached hydrogen (secondary N) is 1. The Balaban J connectivity index is 2.26. The molecule has 18 heavy (non-hydrogen) atoms. The van der Waals surface area contributed by atoms with E-state index >= 15 is 0 Å². The molecule has 0 aliphatic rings. The number of aromatic nitrogens is 2. The highest BCUT2D eigenvalue weighted by molar-refractivity contribution is 7.16. The van der Waals surface area contributed by atoms with Crippen LogP contribution in [0.2, 0.25) is 0 Å². The quantitative estimate of drug-likeness (QED) is 0.874. The van der Waals surface area contributed by atoms with Crippen LogP contribution >= 0.6 is 22.7 Å². The molecule has 0 spiro atoms. The van der Waals surface area contributed by atoms with Crippen molar-refractivity contribution in [3.8, 4) is 6.07 Å². The van der Waals surface area contributed by atoms with Gasteiger partial charge < -0.3 is 5.32 Å². The zero-order valence-corrected chi connectivity index (χ0v) is 11.0. The van der Waals surface area contributed by atoms with Gasteiger partial charge in [-0.1, -0.05) is 17.4 Å². The van der Waals surface area contributed by atoms with E-state index in [1.54, 1.807) is 6.08 Å². The summed E-state index contributed by atoms with van der Waals surface area (Å²) in [5.41, 5.74) is 0.437. The van der Waals surface area contributed by atoms with Crippen LogP contribution in [0.3, 0.4) is 0 Å². The minimum atomic E-state index is -0.210. The molecule has 0 atom stereocenters. The molecule has 0 fully saturated rings. The van der Waals surface area contributed by atoms with E-state index in [1.165, 1.54) is 29.6 Å². The molecule has 7 heteroatoms. The smallest absolute Gasteiger partial charge is 0.223 e. The molecule has 5 nitrogen and oxygen atoms in total. The third-order valence-electron chi connectivity index (χ3n) is 1.89. The second-order valence-corrected chi connectivity index (χ2v) is 5.24. The van der Waals surface area contributed by atoms with Gasteiger partial charge in [0.1, 0.15) is 6.07 Å². The predicted molar refractivity (Wildman–Crippen MR) is 72.0 cm³/mol. The average molecular weight is 276 g/mol. The predicted octanol–water partition coefficient (Wildman–Crippen LogP) is 2.62. The summed E-state index contributed by atoms with van der Waals surface area (Å²) in [7, 11) is 0. The second kappa shape index (κ2) is 5.53. The number of carbonyl (C=O) groups is 1. The lowest BCUT2D eigenvalue weighted by Crippen LogP contribution is -2.04. The van der Waals surface area contributed by atoms with Crippen LogP contribution in [0.15, 0.2) is 17.5 Å². The Morgan fingerprint density at radius 3 is 3.00 bits per heavy atom. The number of carbonyl (C=O) groups excluding carboxylic acids is 1. The lowest BCUT2D eigenvalue weighted by molar-refractivity contribution is -0.114. The first-order valence-corrected chi connectivity index (χ1v) is 6.65. The van der Waals surface area contributed by atoms with Crippen molar-refractivity contribution < 1.29 is 4.79 Å². The highest BCUT2D eigenvalue weighted by Crippen LogP contribution is 2.25. The van der Waals surface area contributed by atoms with Crippen molar-refractivity contribution in [1.29, 1.82) is 5.26 Å². The molecule has 0 aliphatic carbocycles. The summed E-state index contributed by atoms with van der Waals surface area (Å²) in [6.45, 7) is 1.40. The van der Waals surface area contributed by atoms with Gasteiger partial charge in [0, 0.05) is 11.8 Å². The molecule has 0 unspecified atom stereocenters. The molecule has 0 aromatic carbocycles. The summed E-state index contributed by atoms with van der Waals surface area (Å²) in [4.78, 5) is 11.8. The molecular weight excluding hydrogens is 268 g/mol. The first-order chi connectivity index (χ1) is 8.69. The maximum absolute atomic E-state index is 10.9. The largest absolute Gasteiger partial charge is 0.301 e. The normalized spacial score (nSPS) is 11.0. The van der Waals surface area contributed by atoms with Crippen molar-refractivity contribution in [2.24, 2.45) is 0 Å². The molecule has 0 saturated heterocycles. The van der Waals surface area contributed by atoms with Gasteiger partial charge in [0.2, 0.25) is 11.0 Å². The monoisotopic (exact) mass is 276 g/mol. The molecule has 0 radical (unpaired) electrons. The summed E-state index contributed by atoms with van der Waals surface area (Å²) >= 11 is 2.71. The number of hydrogen-bond donors (Lipinski definition) is 1. The van der Waals surface area contributed by atoms with E-state index in [2.05, 4.69) is 21.6 Å². The third kappa shape index (κ3) is 3.00. The standard InChI is InChI=1S/C11H8N4OS2/c1-7(16)13-11-15-14-10(18-11)8(6-12)5-9-3-2-4-17-9/h2-5H,1H3,(H,13,15,16). The number of hydrogen-bond acceptors (Lipinski definition) is 6. The van der Waals surface area contributed by atoms with Crippen LogP contribution in [-0.2, 0) is 4.79 Å². The van der Waals surface area contributed by atoms with Gasteiger partial charge in [-0.3, -0.25) is 4.79 Å². The van der Waals surface area contributed by atoms with Crippen LogP contribution in [-0.4, -0.2) is 16.1 Å². The van der Waals surface area contributed by atoms with E-state index in [1.807, 2.05) is 17.5 Å². The van der Waals surface area contributed by atoms with Crippen molar-refractivity contribution in [2.45, 2.75) is 6.92 Å². The first kappa shape index (κ1) is 12.4. The van der Waals surface area contributed by atoms with Gasteiger partial charge in [-0.15, -0.1) is 21.5 Å². The van der Waals surface area contributed by atoms with Crippen LogP contribution in [0.25, 0.3) is 11.6 Å². The van der Waals surface area contributed by atoms with E-state index < -0.39 is 0 Å². The van der Waals surface area contributed by atoms with Crippen molar-refractivity contribution in [1.82, 2.24) is 10.2 Å². The van der Waals surface area contributed by atoms with Crippen LogP contribution < -0.4 is 5.32 Å². The molecule has 2 aromatic rings. The molecule has 90 valence electrons. The number of nitriles is 1. The van der Waals surface area contributed by atoms with Gasteiger partial charge in [-0.2, -0.15) is 5.26 Å². The Labute approximate surface area is 111 Å². The molecular formula is C11H8N4OS2. The van der Waals surface area contributed by atoms with Crippen molar-refractivity contribution in [3.63, 3.8) is 0 Å². The molecule has 2 rings (SSSR count). The Kier molecular flexibility index (Phi) is 3.82. The zero-order valence-electron chi connectivity index (χ0n) is 9.38. The number of anilines is 1. The maximum Gasteiger partial charge on any atom is 0.223 e. The minimum Gasteiger partial charge on any atom is -0.301 e. The Bertz CT molecular complexity index is 622. The lowest BCUT2D eigenvalue weighted by atomic mass is 10.2. The average Bonchev–Trinajstić information content (AvgIpc) is 2.96. The number of nitrogens with zero attached hydrogens (tertiary/aromatic N) is 3. The molecule has 2 heterocycles. The van der Waals surface area contributed by atoms with E-state index in [-0.39, 0.29) is 5.91 Å². The minimum absolute atomic E-state index is 0.210. The molecule has 2 aromatic heterocycles. The van der Waals surface area contributed by atoms with Crippen LogP contribution in [0.1, 0.15) is 16.8 Å². The SMILES string of the molecule is CC(=O)Nc1nnc(C(C#N)=Cc2cccs2)s1. The van der Waals surface area contributed by atoms with Gasteiger partial charge >= 0.3 is 0 Å². The molecule has 0 aliphatic heterocycles. The highest BCUT2D eigenvalue weighted by atomic mass is 32.1. The van der Waals surface area contributed by atoms with Crippen LogP contribution in [0.4, 0.5) is 5.13 Å².